The lowest BCUT2D eigenvalue weighted by molar-refractivity contribution is 0.100. The van der Waals surface area contributed by atoms with Crippen LogP contribution in [0, 0.1) is 0 Å². The molecular weight excluding hydrogens is 234 g/mol. The average Bonchev–Trinajstić information content (AvgIpc) is 2.78. The largest absolute Gasteiger partial charge is 0.366 e. The Kier molecular flexibility index (Phi) is 3.10. The highest BCUT2D eigenvalue weighted by molar-refractivity contribution is 7.14. The van der Waals surface area contributed by atoms with Gasteiger partial charge in [0.1, 0.15) is 0 Å². The van der Waals surface area contributed by atoms with Crippen molar-refractivity contribution in [3.63, 3.8) is 0 Å². The van der Waals surface area contributed by atoms with Gasteiger partial charge in [0.15, 0.2) is 5.13 Å². The Morgan fingerprint density at radius 1 is 1.29 bits per heavy atom. The lowest BCUT2D eigenvalue weighted by Crippen LogP contribution is -2.10. The number of nitrogens with two attached hydrogens (primary N) is 1. The molecule has 2 N–H and O–H groups in total. The van der Waals surface area contributed by atoms with E-state index < -0.39 is 5.91 Å². The minimum Gasteiger partial charge on any atom is -0.366 e. The molecule has 1 heterocycles. The summed E-state index contributed by atoms with van der Waals surface area (Å²) in [6.07, 6.45) is 0. The summed E-state index contributed by atoms with van der Waals surface area (Å²) in [4.78, 5) is 17.4. The monoisotopic (exact) mass is 247 g/mol. The zero-order valence-electron chi connectivity index (χ0n) is 9.68. The van der Waals surface area contributed by atoms with Gasteiger partial charge in [0.2, 0.25) is 5.91 Å². The molecule has 4 nitrogen and oxygen atoms in total. The van der Waals surface area contributed by atoms with E-state index in [1.165, 1.54) is 0 Å². The molecule has 0 atom stereocenters. The van der Waals surface area contributed by atoms with Crippen molar-refractivity contribution >= 4 is 22.4 Å². The van der Waals surface area contributed by atoms with Crippen molar-refractivity contribution < 1.29 is 4.79 Å². The van der Waals surface area contributed by atoms with E-state index in [-0.39, 0.29) is 0 Å². The maximum atomic E-state index is 10.9. The fourth-order valence-corrected chi connectivity index (χ4v) is 2.18. The van der Waals surface area contributed by atoms with Crippen LogP contribution in [0.25, 0.3) is 11.3 Å². The van der Waals surface area contributed by atoms with Crippen LogP contribution in [0.15, 0.2) is 29.6 Å². The topological polar surface area (TPSA) is 59.2 Å². The third-order valence-electron chi connectivity index (χ3n) is 2.34. The lowest BCUT2D eigenvalue weighted by atomic mass is 10.1. The standard InChI is InChI=1S/C12H13N3OS/c1-15(2)12-14-10(7-17-12)8-3-5-9(6-4-8)11(13)16/h3-7H,1-2H3,(H2,13,16). The van der Waals surface area contributed by atoms with Crippen LogP contribution in [-0.2, 0) is 0 Å². The Hall–Kier alpha value is -1.88. The summed E-state index contributed by atoms with van der Waals surface area (Å²) >= 11 is 1.59. The Bertz CT molecular complexity index is 531. The molecule has 0 spiro atoms. The molecule has 2 aromatic rings. The van der Waals surface area contributed by atoms with Crippen LogP contribution in [0.5, 0.6) is 0 Å². The molecule has 0 aliphatic rings. The summed E-state index contributed by atoms with van der Waals surface area (Å²) in [5.74, 6) is -0.413. The van der Waals surface area contributed by atoms with Gasteiger partial charge in [-0.1, -0.05) is 12.1 Å². The normalized spacial score (nSPS) is 10.2. The zero-order valence-corrected chi connectivity index (χ0v) is 10.5. The van der Waals surface area contributed by atoms with Crippen LogP contribution in [0.1, 0.15) is 10.4 Å². The van der Waals surface area contributed by atoms with Gasteiger partial charge in [-0.3, -0.25) is 4.79 Å². The second kappa shape index (κ2) is 4.55. The van der Waals surface area contributed by atoms with E-state index in [1.54, 1.807) is 23.5 Å². The summed E-state index contributed by atoms with van der Waals surface area (Å²) in [6.45, 7) is 0. The minimum atomic E-state index is -0.413. The number of nitrogens with zero attached hydrogens (tertiary/aromatic N) is 2. The van der Waals surface area contributed by atoms with E-state index >= 15 is 0 Å². The highest BCUT2D eigenvalue weighted by atomic mass is 32.1. The fourth-order valence-electron chi connectivity index (χ4n) is 1.41. The van der Waals surface area contributed by atoms with Gasteiger partial charge in [-0.2, -0.15) is 0 Å². The van der Waals surface area contributed by atoms with Crippen LogP contribution >= 0.6 is 11.3 Å². The van der Waals surface area contributed by atoms with Gasteiger partial charge in [-0.25, -0.2) is 4.98 Å². The molecule has 88 valence electrons. The number of primary amides is 1. The summed E-state index contributed by atoms with van der Waals surface area (Å²) < 4.78 is 0. The number of amides is 1. The van der Waals surface area contributed by atoms with Gasteiger partial charge < -0.3 is 10.6 Å². The maximum Gasteiger partial charge on any atom is 0.248 e. The summed E-state index contributed by atoms with van der Waals surface area (Å²) in [5.41, 5.74) is 7.60. The van der Waals surface area contributed by atoms with Crippen LogP contribution in [0.2, 0.25) is 0 Å². The molecule has 5 heteroatoms. The van der Waals surface area contributed by atoms with Crippen molar-refractivity contribution in [1.29, 1.82) is 0 Å². The van der Waals surface area contributed by atoms with E-state index in [1.807, 2.05) is 36.5 Å². The van der Waals surface area contributed by atoms with Crippen molar-refractivity contribution in [2.75, 3.05) is 19.0 Å². The highest BCUT2D eigenvalue weighted by Crippen LogP contribution is 2.26. The second-order valence-corrected chi connectivity index (χ2v) is 4.69. The van der Waals surface area contributed by atoms with Crippen LogP contribution < -0.4 is 10.6 Å². The fraction of sp³-hybridized carbons (Fsp3) is 0.167. The molecule has 0 saturated heterocycles. The number of benzene rings is 1. The Morgan fingerprint density at radius 3 is 2.41 bits per heavy atom. The number of carbonyl (C=O) groups excluding carboxylic acids is 1. The number of hydrogen-bond acceptors (Lipinski definition) is 4. The Morgan fingerprint density at radius 2 is 1.94 bits per heavy atom. The first-order chi connectivity index (χ1) is 8.08. The molecule has 1 amide bonds. The minimum absolute atomic E-state index is 0.413. The second-order valence-electron chi connectivity index (χ2n) is 3.85. The van der Waals surface area contributed by atoms with E-state index in [9.17, 15) is 4.79 Å². The molecule has 0 radical (unpaired) electrons. The molecule has 0 aliphatic carbocycles. The van der Waals surface area contributed by atoms with Gasteiger partial charge in [0.25, 0.3) is 0 Å². The maximum absolute atomic E-state index is 10.9. The van der Waals surface area contributed by atoms with Crippen LogP contribution in [0.4, 0.5) is 5.13 Å². The number of anilines is 1. The van der Waals surface area contributed by atoms with Gasteiger partial charge in [0, 0.05) is 30.6 Å². The molecule has 2 rings (SSSR count). The number of thiazole rings is 1. The van der Waals surface area contributed by atoms with Crippen molar-refractivity contribution in [2.45, 2.75) is 0 Å². The molecular formula is C12H13N3OS. The van der Waals surface area contributed by atoms with Gasteiger partial charge >= 0.3 is 0 Å². The Balaban J connectivity index is 2.30. The number of carbonyl (C=O) groups is 1. The van der Waals surface area contributed by atoms with Gasteiger partial charge in [0.05, 0.1) is 5.69 Å². The van der Waals surface area contributed by atoms with Crippen LogP contribution in [0.3, 0.4) is 0 Å². The molecule has 0 aliphatic heterocycles. The van der Waals surface area contributed by atoms with E-state index in [2.05, 4.69) is 4.98 Å². The predicted molar refractivity (Wildman–Crippen MR) is 70.4 cm³/mol. The molecule has 0 bridgehead atoms. The smallest absolute Gasteiger partial charge is 0.248 e. The summed E-state index contributed by atoms with van der Waals surface area (Å²) in [5, 5.41) is 2.95. The summed E-state index contributed by atoms with van der Waals surface area (Å²) in [7, 11) is 3.91. The van der Waals surface area contributed by atoms with Crippen LogP contribution in [-0.4, -0.2) is 25.0 Å². The third-order valence-corrected chi connectivity index (χ3v) is 3.35. The molecule has 0 unspecified atom stereocenters. The SMILES string of the molecule is CN(C)c1nc(-c2ccc(C(N)=O)cc2)cs1. The molecule has 0 saturated carbocycles. The van der Waals surface area contributed by atoms with Crippen molar-refractivity contribution in [2.24, 2.45) is 5.73 Å². The third kappa shape index (κ3) is 2.45. The average molecular weight is 247 g/mol. The van der Waals surface area contributed by atoms with Gasteiger partial charge in [-0.15, -0.1) is 11.3 Å². The van der Waals surface area contributed by atoms with E-state index in [4.69, 9.17) is 5.73 Å². The van der Waals surface area contributed by atoms with Crippen molar-refractivity contribution in [3.8, 4) is 11.3 Å². The molecule has 17 heavy (non-hydrogen) atoms. The first-order valence-electron chi connectivity index (χ1n) is 5.11. The van der Waals surface area contributed by atoms with Crippen molar-refractivity contribution in [1.82, 2.24) is 4.98 Å². The zero-order chi connectivity index (χ0) is 12.4. The summed E-state index contributed by atoms with van der Waals surface area (Å²) in [6, 6.07) is 7.14. The molecule has 1 aromatic carbocycles. The molecule has 1 aromatic heterocycles. The lowest BCUT2D eigenvalue weighted by Gasteiger charge is -2.05. The number of aromatic nitrogens is 1. The quantitative estimate of drug-likeness (QED) is 0.902. The number of rotatable bonds is 3. The van der Waals surface area contributed by atoms with E-state index in [0.29, 0.717) is 5.56 Å². The Labute approximate surface area is 104 Å². The first kappa shape index (κ1) is 11.6. The van der Waals surface area contributed by atoms with Gasteiger partial charge in [-0.05, 0) is 12.1 Å². The predicted octanol–water partition coefficient (Wildman–Crippen LogP) is 1.97. The first-order valence-corrected chi connectivity index (χ1v) is 5.99. The number of hydrogen-bond donors (Lipinski definition) is 1. The van der Waals surface area contributed by atoms with Crippen molar-refractivity contribution in [3.05, 3.63) is 35.2 Å². The highest BCUT2D eigenvalue weighted by Gasteiger charge is 2.06. The van der Waals surface area contributed by atoms with E-state index in [0.717, 1.165) is 16.4 Å². The molecule has 0 fully saturated rings.